The lowest BCUT2D eigenvalue weighted by molar-refractivity contribution is -0.136. The number of carbonyl (C=O) groups excluding carboxylic acids is 1. The highest BCUT2D eigenvalue weighted by Crippen LogP contribution is 2.35. The molecule has 1 aliphatic heterocycles. The van der Waals surface area contributed by atoms with Crippen LogP contribution in [0.4, 0.5) is 4.39 Å². The maximum Gasteiger partial charge on any atom is 0.225 e. The number of carbonyl (C=O) groups is 1. The Balaban J connectivity index is 1.52. The van der Waals surface area contributed by atoms with Crippen molar-refractivity contribution in [3.05, 3.63) is 59.0 Å². The van der Waals surface area contributed by atoms with Crippen LogP contribution < -0.4 is 0 Å². The third kappa shape index (κ3) is 3.89. The molecule has 1 amide bonds. The normalized spacial score (nSPS) is 15.3. The van der Waals surface area contributed by atoms with Crippen LogP contribution >= 0.6 is 22.9 Å². The molecular formula is C24H24ClFN4OS. The first-order valence-electron chi connectivity index (χ1n) is 10.8. The first kappa shape index (κ1) is 21.4. The smallest absolute Gasteiger partial charge is 0.225 e. The molecule has 0 aliphatic carbocycles. The molecule has 0 saturated carbocycles. The van der Waals surface area contributed by atoms with E-state index in [0.29, 0.717) is 11.6 Å². The number of rotatable bonds is 4. The Morgan fingerprint density at radius 2 is 1.84 bits per heavy atom. The van der Waals surface area contributed by atoms with Crippen molar-refractivity contribution in [2.75, 3.05) is 26.2 Å². The van der Waals surface area contributed by atoms with Crippen molar-refractivity contribution in [3.8, 4) is 11.3 Å². The Bertz CT molecular complexity index is 1290. The monoisotopic (exact) mass is 470 g/mol. The van der Waals surface area contributed by atoms with Gasteiger partial charge in [-0.25, -0.2) is 9.37 Å². The zero-order valence-corrected chi connectivity index (χ0v) is 19.6. The number of aromatic nitrogens is 2. The largest absolute Gasteiger partial charge is 0.340 e. The van der Waals surface area contributed by atoms with E-state index >= 15 is 0 Å². The van der Waals surface area contributed by atoms with Crippen LogP contribution in [-0.4, -0.2) is 51.3 Å². The Morgan fingerprint density at radius 3 is 2.53 bits per heavy atom. The molecule has 0 radical (unpaired) electrons. The van der Waals surface area contributed by atoms with Crippen molar-refractivity contribution in [1.29, 1.82) is 0 Å². The fourth-order valence-electron chi connectivity index (χ4n) is 4.29. The van der Waals surface area contributed by atoms with Crippen LogP contribution in [0.2, 0.25) is 5.02 Å². The van der Waals surface area contributed by atoms with E-state index in [4.69, 9.17) is 16.6 Å². The summed E-state index contributed by atoms with van der Waals surface area (Å²) >= 11 is 7.81. The van der Waals surface area contributed by atoms with E-state index in [1.54, 1.807) is 23.5 Å². The fraction of sp³-hybridized carbons (Fsp3) is 0.333. The van der Waals surface area contributed by atoms with Gasteiger partial charge >= 0.3 is 0 Å². The fourth-order valence-corrected chi connectivity index (χ4v) is 5.61. The molecule has 2 aromatic heterocycles. The van der Waals surface area contributed by atoms with E-state index in [1.165, 1.54) is 12.1 Å². The minimum atomic E-state index is -0.262. The molecule has 1 saturated heterocycles. The number of benzene rings is 2. The average molecular weight is 471 g/mol. The number of thiazole rings is 1. The zero-order valence-electron chi connectivity index (χ0n) is 18.0. The van der Waals surface area contributed by atoms with Gasteiger partial charge in [0, 0.05) is 49.2 Å². The van der Waals surface area contributed by atoms with E-state index in [9.17, 15) is 9.18 Å². The first-order chi connectivity index (χ1) is 15.4. The molecule has 32 heavy (non-hydrogen) atoms. The van der Waals surface area contributed by atoms with E-state index in [2.05, 4.69) is 9.30 Å². The van der Waals surface area contributed by atoms with Gasteiger partial charge in [0.25, 0.3) is 0 Å². The second-order valence-corrected chi connectivity index (χ2v) is 9.95. The van der Waals surface area contributed by atoms with Crippen molar-refractivity contribution in [1.82, 2.24) is 19.2 Å². The van der Waals surface area contributed by atoms with Crippen LogP contribution in [0.5, 0.6) is 0 Å². The lowest BCUT2D eigenvalue weighted by Gasteiger charge is -2.35. The zero-order chi connectivity index (χ0) is 22.4. The summed E-state index contributed by atoms with van der Waals surface area (Å²) in [6.07, 6.45) is 0. The van der Waals surface area contributed by atoms with E-state index in [0.717, 1.165) is 58.3 Å². The molecule has 2 aromatic carbocycles. The van der Waals surface area contributed by atoms with Crippen LogP contribution in [0.3, 0.4) is 0 Å². The molecule has 0 atom stereocenters. The summed E-state index contributed by atoms with van der Waals surface area (Å²) in [5.41, 5.74) is 3.91. The van der Waals surface area contributed by atoms with E-state index in [1.807, 2.05) is 36.9 Å². The highest BCUT2D eigenvalue weighted by atomic mass is 35.5. The summed E-state index contributed by atoms with van der Waals surface area (Å²) in [4.78, 5) is 22.5. The number of nitrogens with zero attached hydrogens (tertiary/aromatic N) is 4. The summed E-state index contributed by atoms with van der Waals surface area (Å²) in [6, 6.07) is 12.4. The minimum Gasteiger partial charge on any atom is -0.340 e. The number of imidazole rings is 1. The molecular weight excluding hydrogens is 447 g/mol. The number of hydrogen-bond acceptors (Lipinski definition) is 4. The van der Waals surface area contributed by atoms with Crippen molar-refractivity contribution in [2.45, 2.75) is 20.4 Å². The molecule has 0 bridgehead atoms. The predicted octanol–water partition coefficient (Wildman–Crippen LogP) is 5.31. The van der Waals surface area contributed by atoms with Gasteiger partial charge < -0.3 is 4.90 Å². The highest BCUT2D eigenvalue weighted by molar-refractivity contribution is 7.23. The van der Waals surface area contributed by atoms with Gasteiger partial charge in [-0.15, -0.1) is 0 Å². The summed E-state index contributed by atoms with van der Waals surface area (Å²) in [5.74, 6) is -0.0310. The first-order valence-corrected chi connectivity index (χ1v) is 12.0. The van der Waals surface area contributed by atoms with Crippen molar-refractivity contribution in [3.63, 3.8) is 0 Å². The number of halogens is 2. The summed E-state index contributed by atoms with van der Waals surface area (Å²) in [5, 5.41) is 0.702. The Labute approximate surface area is 195 Å². The Kier molecular flexibility index (Phi) is 5.65. The second-order valence-electron chi connectivity index (χ2n) is 8.50. The molecule has 1 aliphatic rings. The molecule has 3 heterocycles. The van der Waals surface area contributed by atoms with Crippen molar-refractivity contribution >= 4 is 44.0 Å². The number of amides is 1. The topological polar surface area (TPSA) is 40.9 Å². The molecule has 0 unspecified atom stereocenters. The third-order valence-corrected chi connectivity index (χ3v) is 7.21. The molecule has 5 nitrogen and oxygen atoms in total. The number of piperazine rings is 1. The predicted molar refractivity (Wildman–Crippen MR) is 128 cm³/mol. The van der Waals surface area contributed by atoms with Crippen LogP contribution in [0.15, 0.2) is 42.5 Å². The SMILES string of the molecule is CC(C)C(=O)N1CCN(Cc2c(-c3ccc(F)cc3)nc3sc4cc(Cl)ccc4n23)CC1. The number of fused-ring (bicyclic) bond motifs is 3. The van der Waals surface area contributed by atoms with Gasteiger partial charge in [0.1, 0.15) is 5.82 Å². The lowest BCUT2D eigenvalue weighted by atomic mass is 10.1. The molecule has 5 rings (SSSR count). The van der Waals surface area contributed by atoms with Gasteiger partial charge in [0.15, 0.2) is 4.96 Å². The molecule has 8 heteroatoms. The Morgan fingerprint density at radius 1 is 1.12 bits per heavy atom. The molecule has 0 N–H and O–H groups in total. The van der Waals surface area contributed by atoms with Gasteiger partial charge in [-0.1, -0.05) is 36.8 Å². The van der Waals surface area contributed by atoms with Crippen LogP contribution in [0.1, 0.15) is 19.5 Å². The Hall–Kier alpha value is -2.48. The van der Waals surface area contributed by atoms with Gasteiger partial charge in [-0.2, -0.15) is 0 Å². The summed E-state index contributed by atoms with van der Waals surface area (Å²) < 4.78 is 16.8. The summed E-state index contributed by atoms with van der Waals surface area (Å²) in [7, 11) is 0. The lowest BCUT2D eigenvalue weighted by Crippen LogP contribution is -2.49. The third-order valence-electron chi connectivity index (χ3n) is 5.97. The van der Waals surface area contributed by atoms with Gasteiger partial charge in [-0.05, 0) is 42.5 Å². The minimum absolute atomic E-state index is 0.0186. The van der Waals surface area contributed by atoms with Crippen LogP contribution in [-0.2, 0) is 11.3 Å². The molecule has 1 fully saturated rings. The maximum atomic E-state index is 13.5. The van der Waals surface area contributed by atoms with Crippen molar-refractivity contribution < 1.29 is 9.18 Å². The van der Waals surface area contributed by atoms with Gasteiger partial charge in [0.05, 0.1) is 21.6 Å². The maximum absolute atomic E-state index is 13.5. The van der Waals surface area contributed by atoms with E-state index < -0.39 is 0 Å². The van der Waals surface area contributed by atoms with Gasteiger partial charge in [-0.3, -0.25) is 14.1 Å². The van der Waals surface area contributed by atoms with Crippen LogP contribution in [0, 0.1) is 11.7 Å². The molecule has 166 valence electrons. The van der Waals surface area contributed by atoms with Gasteiger partial charge in [0.2, 0.25) is 5.91 Å². The standard InChI is InChI=1S/C24H24ClFN4OS/c1-15(2)23(31)29-11-9-28(10-12-29)14-20-22(16-3-6-18(26)7-4-16)27-24-30(20)19-8-5-17(25)13-21(19)32-24/h3-8,13,15H,9-12,14H2,1-2H3. The highest BCUT2D eigenvalue weighted by Gasteiger charge is 2.26. The molecule has 0 spiro atoms. The quantitative estimate of drug-likeness (QED) is 0.406. The summed E-state index contributed by atoms with van der Waals surface area (Å²) in [6.45, 7) is 7.66. The van der Waals surface area contributed by atoms with Crippen molar-refractivity contribution in [2.24, 2.45) is 5.92 Å². The average Bonchev–Trinajstić information content (AvgIpc) is 3.30. The second kappa shape index (κ2) is 8.46. The van der Waals surface area contributed by atoms with Crippen LogP contribution in [0.25, 0.3) is 26.4 Å². The molecule has 4 aromatic rings. The van der Waals surface area contributed by atoms with E-state index in [-0.39, 0.29) is 17.6 Å². The number of hydrogen-bond donors (Lipinski definition) is 0.